The van der Waals surface area contributed by atoms with Gasteiger partial charge in [-0.2, -0.15) is 0 Å². The fraction of sp³-hybridized carbons (Fsp3) is 0.455. The monoisotopic (exact) mass is 370 g/mol. The fourth-order valence-electron chi connectivity index (χ4n) is 3.33. The Kier molecular flexibility index (Phi) is 6.58. The van der Waals surface area contributed by atoms with Crippen LogP contribution >= 0.6 is 0 Å². The van der Waals surface area contributed by atoms with E-state index < -0.39 is 6.10 Å². The Morgan fingerprint density at radius 2 is 1.59 bits per heavy atom. The molecule has 0 bridgehead atoms. The maximum Gasteiger partial charge on any atom is 0.119 e. The van der Waals surface area contributed by atoms with E-state index in [1.54, 1.807) is 7.11 Å². The molecule has 0 unspecified atom stereocenters. The van der Waals surface area contributed by atoms with Gasteiger partial charge in [0.15, 0.2) is 0 Å². The van der Waals surface area contributed by atoms with Crippen molar-refractivity contribution in [3.8, 4) is 11.5 Å². The van der Waals surface area contributed by atoms with E-state index in [9.17, 15) is 5.11 Å². The molecule has 2 aromatic carbocycles. The smallest absolute Gasteiger partial charge is 0.119 e. The molecule has 1 N–H and O–H groups in total. The SMILES string of the molecule is COc1ccc(N2CCN(C[C@H](O)COc3ccc(C)c(C)c3)CC2)cc1. The zero-order valence-electron chi connectivity index (χ0n) is 16.5. The summed E-state index contributed by atoms with van der Waals surface area (Å²) in [6.45, 7) is 8.90. The number of ether oxygens (including phenoxy) is 2. The van der Waals surface area contributed by atoms with Gasteiger partial charge in [0.05, 0.1) is 7.11 Å². The minimum Gasteiger partial charge on any atom is -0.497 e. The molecule has 1 saturated heterocycles. The van der Waals surface area contributed by atoms with Crippen LogP contribution in [0.15, 0.2) is 42.5 Å². The Hall–Kier alpha value is -2.24. The Morgan fingerprint density at radius 1 is 0.926 bits per heavy atom. The van der Waals surface area contributed by atoms with Gasteiger partial charge < -0.3 is 19.5 Å². The Balaban J connectivity index is 1.42. The van der Waals surface area contributed by atoms with Gasteiger partial charge in [-0.05, 0) is 61.4 Å². The lowest BCUT2D eigenvalue weighted by Crippen LogP contribution is -2.49. The topological polar surface area (TPSA) is 45.2 Å². The highest BCUT2D eigenvalue weighted by Gasteiger charge is 2.20. The normalized spacial score (nSPS) is 16.2. The number of aliphatic hydroxyl groups is 1. The zero-order chi connectivity index (χ0) is 19.2. The van der Waals surface area contributed by atoms with Gasteiger partial charge in [-0.25, -0.2) is 0 Å². The number of aliphatic hydroxyl groups excluding tert-OH is 1. The largest absolute Gasteiger partial charge is 0.497 e. The fourth-order valence-corrected chi connectivity index (χ4v) is 3.33. The first-order valence-electron chi connectivity index (χ1n) is 9.54. The van der Waals surface area contributed by atoms with Gasteiger partial charge in [-0.1, -0.05) is 6.07 Å². The van der Waals surface area contributed by atoms with E-state index in [1.165, 1.54) is 16.8 Å². The first kappa shape index (κ1) is 19.5. The van der Waals surface area contributed by atoms with Crippen molar-refractivity contribution in [2.24, 2.45) is 0 Å². The Morgan fingerprint density at radius 3 is 2.22 bits per heavy atom. The second-order valence-corrected chi connectivity index (χ2v) is 7.20. The van der Waals surface area contributed by atoms with E-state index in [0.29, 0.717) is 13.2 Å². The van der Waals surface area contributed by atoms with Crippen LogP contribution in [0.25, 0.3) is 0 Å². The number of benzene rings is 2. The van der Waals surface area contributed by atoms with E-state index in [-0.39, 0.29) is 0 Å². The Labute approximate surface area is 162 Å². The van der Waals surface area contributed by atoms with Crippen molar-refractivity contribution in [2.45, 2.75) is 20.0 Å². The first-order valence-corrected chi connectivity index (χ1v) is 9.54. The summed E-state index contributed by atoms with van der Waals surface area (Å²) in [6.07, 6.45) is -0.487. The molecule has 0 aliphatic carbocycles. The number of rotatable bonds is 7. The number of hydrogen-bond donors (Lipinski definition) is 1. The second-order valence-electron chi connectivity index (χ2n) is 7.20. The van der Waals surface area contributed by atoms with Crippen molar-refractivity contribution in [2.75, 3.05) is 51.3 Å². The van der Waals surface area contributed by atoms with Gasteiger partial charge in [0.25, 0.3) is 0 Å². The predicted molar refractivity (Wildman–Crippen MR) is 109 cm³/mol. The minimum absolute atomic E-state index is 0.321. The molecule has 1 fully saturated rings. The summed E-state index contributed by atoms with van der Waals surface area (Å²) in [4.78, 5) is 4.67. The van der Waals surface area contributed by atoms with Crippen LogP contribution in [0, 0.1) is 13.8 Å². The number of piperazine rings is 1. The van der Waals surface area contributed by atoms with Gasteiger partial charge in [0.1, 0.15) is 24.2 Å². The van der Waals surface area contributed by atoms with Gasteiger partial charge in [0.2, 0.25) is 0 Å². The molecule has 0 aromatic heterocycles. The molecule has 1 heterocycles. The Bertz CT molecular complexity index is 725. The van der Waals surface area contributed by atoms with E-state index in [2.05, 4.69) is 41.8 Å². The maximum absolute atomic E-state index is 10.3. The second kappa shape index (κ2) is 9.11. The van der Waals surface area contributed by atoms with Gasteiger partial charge in [-0.15, -0.1) is 0 Å². The lowest BCUT2D eigenvalue weighted by atomic mass is 10.1. The maximum atomic E-state index is 10.3. The number of anilines is 1. The lowest BCUT2D eigenvalue weighted by Gasteiger charge is -2.36. The number of nitrogens with zero attached hydrogens (tertiary/aromatic N) is 2. The number of methoxy groups -OCH3 is 1. The van der Waals surface area contributed by atoms with Crippen LogP contribution in [0.1, 0.15) is 11.1 Å². The highest BCUT2D eigenvalue weighted by Crippen LogP contribution is 2.21. The lowest BCUT2D eigenvalue weighted by molar-refractivity contribution is 0.0663. The molecule has 1 aliphatic heterocycles. The molecule has 1 atom stereocenters. The standard InChI is InChI=1S/C22H30N2O3/c1-17-4-7-22(14-18(17)2)27-16-20(25)15-23-10-12-24(13-11-23)19-5-8-21(26-3)9-6-19/h4-9,14,20,25H,10-13,15-16H2,1-3H3/t20-/m0/s1. The van der Waals surface area contributed by atoms with Crippen LogP contribution in [0.3, 0.4) is 0 Å². The molecule has 0 saturated carbocycles. The van der Waals surface area contributed by atoms with Crippen LogP contribution < -0.4 is 14.4 Å². The van der Waals surface area contributed by atoms with E-state index in [4.69, 9.17) is 9.47 Å². The molecule has 3 rings (SSSR count). The third-order valence-electron chi connectivity index (χ3n) is 5.20. The first-order chi connectivity index (χ1) is 13.0. The molecular formula is C22H30N2O3. The molecule has 0 radical (unpaired) electrons. The third-order valence-corrected chi connectivity index (χ3v) is 5.20. The van der Waals surface area contributed by atoms with Gasteiger partial charge in [0, 0.05) is 38.4 Å². The molecule has 2 aromatic rings. The van der Waals surface area contributed by atoms with Crippen molar-refractivity contribution in [1.82, 2.24) is 4.90 Å². The van der Waals surface area contributed by atoms with Crippen molar-refractivity contribution in [3.63, 3.8) is 0 Å². The van der Waals surface area contributed by atoms with E-state index >= 15 is 0 Å². The number of aryl methyl sites for hydroxylation is 2. The van der Waals surface area contributed by atoms with Crippen molar-refractivity contribution in [1.29, 1.82) is 0 Å². The van der Waals surface area contributed by atoms with Crippen molar-refractivity contribution < 1.29 is 14.6 Å². The van der Waals surface area contributed by atoms with Crippen LogP contribution in [0.5, 0.6) is 11.5 Å². The highest BCUT2D eigenvalue weighted by atomic mass is 16.5. The molecule has 1 aliphatic rings. The molecule has 27 heavy (non-hydrogen) atoms. The van der Waals surface area contributed by atoms with Gasteiger partial charge in [-0.3, -0.25) is 4.90 Å². The molecule has 5 nitrogen and oxygen atoms in total. The summed E-state index contributed by atoms with van der Waals surface area (Å²) in [5.74, 6) is 1.70. The van der Waals surface area contributed by atoms with E-state index in [1.807, 2.05) is 24.3 Å². The summed E-state index contributed by atoms with van der Waals surface area (Å²) >= 11 is 0. The van der Waals surface area contributed by atoms with Crippen molar-refractivity contribution in [3.05, 3.63) is 53.6 Å². The molecule has 0 spiro atoms. The summed E-state index contributed by atoms with van der Waals surface area (Å²) in [5.41, 5.74) is 3.67. The molecule has 5 heteroatoms. The zero-order valence-corrected chi connectivity index (χ0v) is 16.5. The number of hydrogen-bond acceptors (Lipinski definition) is 5. The molecule has 0 amide bonds. The summed E-state index contributed by atoms with van der Waals surface area (Å²) in [5, 5.41) is 10.3. The average molecular weight is 370 g/mol. The van der Waals surface area contributed by atoms with Crippen molar-refractivity contribution >= 4 is 5.69 Å². The van der Waals surface area contributed by atoms with Crippen LogP contribution in [0.4, 0.5) is 5.69 Å². The minimum atomic E-state index is -0.487. The number of β-amino-alcohol motifs (C(OH)–C–C–N with tert-alkyl or cyclic N) is 1. The molecule has 146 valence electrons. The van der Waals surface area contributed by atoms with E-state index in [0.717, 1.165) is 37.7 Å². The summed E-state index contributed by atoms with van der Waals surface area (Å²) < 4.78 is 11.0. The van der Waals surface area contributed by atoms with Crippen LogP contribution in [0.2, 0.25) is 0 Å². The highest BCUT2D eigenvalue weighted by molar-refractivity contribution is 5.49. The average Bonchev–Trinajstić information content (AvgIpc) is 2.69. The molecular weight excluding hydrogens is 340 g/mol. The summed E-state index contributed by atoms with van der Waals surface area (Å²) in [7, 11) is 1.68. The van der Waals surface area contributed by atoms with Gasteiger partial charge >= 0.3 is 0 Å². The third kappa shape index (κ3) is 5.37. The van der Waals surface area contributed by atoms with Crippen LogP contribution in [-0.4, -0.2) is 62.6 Å². The predicted octanol–water partition coefficient (Wildman–Crippen LogP) is 2.87. The van der Waals surface area contributed by atoms with Crippen LogP contribution in [-0.2, 0) is 0 Å². The summed E-state index contributed by atoms with van der Waals surface area (Å²) in [6, 6.07) is 14.2. The quantitative estimate of drug-likeness (QED) is 0.812.